The Morgan fingerprint density at radius 2 is 1.82 bits per heavy atom. The maximum absolute atomic E-state index is 3.76. The average molecular weight is 229 g/mol. The van der Waals surface area contributed by atoms with Gasteiger partial charge >= 0.3 is 0 Å². The summed E-state index contributed by atoms with van der Waals surface area (Å²) in [5, 5.41) is 3.76. The van der Waals surface area contributed by atoms with Crippen molar-refractivity contribution in [2.24, 2.45) is 11.8 Å². The van der Waals surface area contributed by atoms with E-state index in [1.54, 1.807) is 11.1 Å². The lowest BCUT2D eigenvalue weighted by Gasteiger charge is -2.37. The molecule has 1 atom stereocenters. The molecule has 0 radical (unpaired) electrons. The zero-order valence-electron chi connectivity index (χ0n) is 10.8. The van der Waals surface area contributed by atoms with Crippen molar-refractivity contribution >= 4 is 0 Å². The lowest BCUT2D eigenvalue weighted by atomic mass is 9.75. The molecule has 1 nitrogen and oxygen atoms in total. The summed E-state index contributed by atoms with van der Waals surface area (Å²) >= 11 is 0. The van der Waals surface area contributed by atoms with E-state index in [0.717, 1.165) is 18.4 Å². The molecule has 2 aliphatic rings. The average Bonchev–Trinajstić information content (AvgIpc) is 2.39. The standard InChI is InChI=1S/C16H23N/c1-12-6-8-14(9-7-12)16-15-5-3-2-4-13(15)10-11-17-16/h2-5,12,14,16-17H,6-11H2,1H3. The van der Waals surface area contributed by atoms with Gasteiger partial charge in [0.1, 0.15) is 0 Å². The molecule has 1 fully saturated rings. The van der Waals surface area contributed by atoms with E-state index in [-0.39, 0.29) is 0 Å². The number of nitrogens with one attached hydrogen (secondary N) is 1. The Morgan fingerprint density at radius 3 is 2.65 bits per heavy atom. The molecule has 92 valence electrons. The Kier molecular flexibility index (Phi) is 3.19. The van der Waals surface area contributed by atoms with Gasteiger partial charge in [0.15, 0.2) is 0 Å². The molecule has 1 aliphatic heterocycles. The molecule has 0 aromatic heterocycles. The van der Waals surface area contributed by atoms with Crippen LogP contribution in [-0.4, -0.2) is 6.54 Å². The Labute approximate surface area is 105 Å². The van der Waals surface area contributed by atoms with Crippen LogP contribution in [0.5, 0.6) is 0 Å². The Morgan fingerprint density at radius 1 is 1.06 bits per heavy atom. The molecule has 0 spiro atoms. The second kappa shape index (κ2) is 4.81. The van der Waals surface area contributed by atoms with Gasteiger partial charge in [-0.25, -0.2) is 0 Å². The van der Waals surface area contributed by atoms with Crippen molar-refractivity contribution in [1.82, 2.24) is 5.32 Å². The first-order valence-corrected chi connectivity index (χ1v) is 7.16. The van der Waals surface area contributed by atoms with E-state index in [4.69, 9.17) is 0 Å². The molecule has 1 aromatic rings. The van der Waals surface area contributed by atoms with E-state index < -0.39 is 0 Å². The monoisotopic (exact) mass is 229 g/mol. The van der Waals surface area contributed by atoms with E-state index in [1.807, 2.05) is 0 Å². The smallest absolute Gasteiger partial charge is 0.0351 e. The molecular formula is C16H23N. The minimum absolute atomic E-state index is 0.632. The number of rotatable bonds is 1. The van der Waals surface area contributed by atoms with Gasteiger partial charge in [0.25, 0.3) is 0 Å². The fraction of sp³-hybridized carbons (Fsp3) is 0.625. The van der Waals surface area contributed by atoms with Crippen LogP contribution < -0.4 is 5.32 Å². The van der Waals surface area contributed by atoms with Gasteiger partial charge in [-0.3, -0.25) is 0 Å². The quantitative estimate of drug-likeness (QED) is 0.774. The highest BCUT2D eigenvalue weighted by molar-refractivity contribution is 5.32. The van der Waals surface area contributed by atoms with Crippen molar-refractivity contribution in [1.29, 1.82) is 0 Å². The summed E-state index contributed by atoms with van der Waals surface area (Å²) in [4.78, 5) is 0. The van der Waals surface area contributed by atoms with Crippen LogP contribution >= 0.6 is 0 Å². The largest absolute Gasteiger partial charge is 0.309 e. The maximum Gasteiger partial charge on any atom is 0.0351 e. The molecule has 0 saturated heterocycles. The third-order valence-electron chi connectivity index (χ3n) is 4.68. The van der Waals surface area contributed by atoms with Crippen molar-refractivity contribution in [3.05, 3.63) is 35.4 Å². The summed E-state index contributed by atoms with van der Waals surface area (Å²) in [6, 6.07) is 9.67. The normalized spacial score (nSPS) is 33.1. The van der Waals surface area contributed by atoms with Gasteiger partial charge in [-0.05, 0) is 48.8 Å². The Bertz CT molecular complexity index is 377. The fourth-order valence-corrected chi connectivity index (χ4v) is 3.58. The van der Waals surface area contributed by atoms with E-state index >= 15 is 0 Å². The molecule has 0 amide bonds. The zero-order valence-corrected chi connectivity index (χ0v) is 10.8. The van der Waals surface area contributed by atoms with Crippen molar-refractivity contribution in [3.63, 3.8) is 0 Å². The van der Waals surface area contributed by atoms with Gasteiger partial charge in [0.05, 0.1) is 0 Å². The highest BCUT2D eigenvalue weighted by Crippen LogP contribution is 2.38. The number of hydrogen-bond acceptors (Lipinski definition) is 1. The van der Waals surface area contributed by atoms with Gasteiger partial charge < -0.3 is 5.32 Å². The minimum Gasteiger partial charge on any atom is -0.309 e. The third-order valence-corrected chi connectivity index (χ3v) is 4.68. The van der Waals surface area contributed by atoms with Crippen LogP contribution in [0, 0.1) is 11.8 Å². The van der Waals surface area contributed by atoms with E-state index in [0.29, 0.717) is 6.04 Å². The molecule has 1 unspecified atom stereocenters. The second-order valence-corrected chi connectivity index (χ2v) is 5.90. The second-order valence-electron chi connectivity index (χ2n) is 5.90. The van der Waals surface area contributed by atoms with Crippen molar-refractivity contribution in [3.8, 4) is 0 Å². The molecule has 17 heavy (non-hydrogen) atoms. The summed E-state index contributed by atoms with van der Waals surface area (Å²) in [5.74, 6) is 1.82. The fourth-order valence-electron chi connectivity index (χ4n) is 3.58. The van der Waals surface area contributed by atoms with E-state index in [2.05, 4.69) is 36.5 Å². The van der Waals surface area contributed by atoms with Crippen LogP contribution in [-0.2, 0) is 6.42 Å². The van der Waals surface area contributed by atoms with Crippen LogP contribution in [0.4, 0.5) is 0 Å². The maximum atomic E-state index is 3.76. The summed E-state index contributed by atoms with van der Waals surface area (Å²) in [5.41, 5.74) is 3.16. The van der Waals surface area contributed by atoms with Gasteiger partial charge in [0, 0.05) is 6.04 Å². The highest BCUT2D eigenvalue weighted by Gasteiger charge is 2.29. The lowest BCUT2D eigenvalue weighted by Crippen LogP contribution is -2.36. The molecule has 1 aromatic carbocycles. The molecule has 1 heterocycles. The first-order valence-electron chi connectivity index (χ1n) is 7.16. The number of hydrogen-bond donors (Lipinski definition) is 1. The molecule has 1 aliphatic carbocycles. The molecule has 1 heteroatoms. The minimum atomic E-state index is 0.632. The zero-order chi connectivity index (χ0) is 11.7. The molecule has 3 rings (SSSR count). The van der Waals surface area contributed by atoms with Crippen LogP contribution in [0.25, 0.3) is 0 Å². The van der Waals surface area contributed by atoms with Crippen molar-refractivity contribution in [2.45, 2.75) is 45.1 Å². The van der Waals surface area contributed by atoms with Gasteiger partial charge in [-0.15, -0.1) is 0 Å². The Balaban J connectivity index is 1.80. The topological polar surface area (TPSA) is 12.0 Å². The predicted molar refractivity (Wildman–Crippen MR) is 72.0 cm³/mol. The molecule has 0 bridgehead atoms. The summed E-state index contributed by atoms with van der Waals surface area (Å²) in [7, 11) is 0. The summed E-state index contributed by atoms with van der Waals surface area (Å²) in [6.45, 7) is 3.56. The Hall–Kier alpha value is -0.820. The van der Waals surface area contributed by atoms with Crippen molar-refractivity contribution in [2.75, 3.05) is 6.54 Å². The number of benzene rings is 1. The molecular weight excluding hydrogens is 206 g/mol. The summed E-state index contributed by atoms with van der Waals surface area (Å²) in [6.07, 6.45) is 6.87. The third kappa shape index (κ3) is 2.26. The van der Waals surface area contributed by atoms with Crippen LogP contribution in [0.1, 0.15) is 49.8 Å². The van der Waals surface area contributed by atoms with Crippen LogP contribution in [0.15, 0.2) is 24.3 Å². The summed E-state index contributed by atoms with van der Waals surface area (Å²) < 4.78 is 0. The van der Waals surface area contributed by atoms with E-state index in [1.165, 1.54) is 32.1 Å². The first-order chi connectivity index (χ1) is 8.34. The molecule has 1 N–H and O–H groups in total. The number of fused-ring (bicyclic) bond motifs is 1. The van der Waals surface area contributed by atoms with Crippen molar-refractivity contribution < 1.29 is 0 Å². The first kappa shape index (κ1) is 11.3. The SMILES string of the molecule is CC1CCC(C2NCCc3ccccc32)CC1. The van der Waals surface area contributed by atoms with Gasteiger partial charge in [-0.2, -0.15) is 0 Å². The predicted octanol–water partition coefficient (Wildman–Crippen LogP) is 3.70. The lowest BCUT2D eigenvalue weighted by molar-refractivity contribution is 0.226. The van der Waals surface area contributed by atoms with Crippen LogP contribution in [0.2, 0.25) is 0 Å². The van der Waals surface area contributed by atoms with Crippen LogP contribution in [0.3, 0.4) is 0 Å². The van der Waals surface area contributed by atoms with Gasteiger partial charge in [-0.1, -0.05) is 44.0 Å². The molecule has 1 saturated carbocycles. The van der Waals surface area contributed by atoms with Gasteiger partial charge in [0.2, 0.25) is 0 Å². The highest BCUT2D eigenvalue weighted by atomic mass is 14.9. The van der Waals surface area contributed by atoms with E-state index in [9.17, 15) is 0 Å².